The van der Waals surface area contributed by atoms with Crippen molar-refractivity contribution < 1.29 is 5.11 Å². The van der Waals surface area contributed by atoms with Crippen molar-refractivity contribution in [2.75, 3.05) is 0 Å². The lowest BCUT2D eigenvalue weighted by atomic mass is 9.72. The Hall–Kier alpha value is -0.0400. The molecule has 0 amide bonds. The van der Waals surface area contributed by atoms with Gasteiger partial charge in [-0.1, -0.05) is 41.5 Å². The average molecular weight is 254 g/mol. The van der Waals surface area contributed by atoms with E-state index in [0.29, 0.717) is 17.3 Å². The summed E-state index contributed by atoms with van der Waals surface area (Å²) >= 11 is 0. The van der Waals surface area contributed by atoms with Gasteiger partial charge in [-0.2, -0.15) is 0 Å². The first-order valence-corrected chi connectivity index (χ1v) is 7.85. The molecule has 1 aliphatic rings. The zero-order chi connectivity index (χ0) is 13.9. The van der Waals surface area contributed by atoms with E-state index in [1.54, 1.807) is 0 Å². The van der Waals surface area contributed by atoms with Gasteiger partial charge in [0, 0.05) is 0 Å². The maximum Gasteiger partial charge on any atom is 0.0571 e. The third-order valence-corrected chi connectivity index (χ3v) is 4.36. The molecule has 1 nitrogen and oxygen atoms in total. The second kappa shape index (κ2) is 6.41. The zero-order valence-corrected chi connectivity index (χ0v) is 13.4. The molecule has 1 fully saturated rings. The lowest BCUT2D eigenvalue weighted by Crippen LogP contribution is -2.31. The van der Waals surface area contributed by atoms with Crippen molar-refractivity contribution in [3.8, 4) is 0 Å². The highest BCUT2D eigenvalue weighted by molar-refractivity contribution is 4.81. The predicted molar refractivity (Wildman–Crippen MR) is 79.5 cm³/mol. The SMILES string of the molecule is CC1CC(C)CC(C(O)CC(C)CC(C)(C)C)C1. The molecule has 0 aromatic rings. The Morgan fingerprint density at radius 1 is 1.06 bits per heavy atom. The third kappa shape index (κ3) is 5.73. The van der Waals surface area contributed by atoms with Crippen LogP contribution in [0.2, 0.25) is 0 Å². The van der Waals surface area contributed by atoms with Crippen molar-refractivity contribution in [3.63, 3.8) is 0 Å². The van der Waals surface area contributed by atoms with Crippen LogP contribution in [0.1, 0.15) is 73.6 Å². The summed E-state index contributed by atoms with van der Waals surface area (Å²) in [6.07, 6.45) is 5.93. The molecular formula is C17H34O. The zero-order valence-electron chi connectivity index (χ0n) is 13.4. The van der Waals surface area contributed by atoms with Crippen LogP contribution in [-0.2, 0) is 0 Å². The maximum atomic E-state index is 10.5. The summed E-state index contributed by atoms with van der Waals surface area (Å²) in [4.78, 5) is 0. The molecule has 4 atom stereocenters. The summed E-state index contributed by atoms with van der Waals surface area (Å²) in [6, 6.07) is 0. The summed E-state index contributed by atoms with van der Waals surface area (Å²) in [7, 11) is 0. The monoisotopic (exact) mass is 254 g/mol. The Morgan fingerprint density at radius 3 is 2.00 bits per heavy atom. The van der Waals surface area contributed by atoms with Gasteiger partial charge in [0.1, 0.15) is 0 Å². The largest absolute Gasteiger partial charge is 0.393 e. The van der Waals surface area contributed by atoms with Crippen molar-refractivity contribution >= 4 is 0 Å². The Bertz CT molecular complexity index is 230. The molecule has 1 rings (SSSR count). The number of hydrogen-bond acceptors (Lipinski definition) is 1. The lowest BCUT2D eigenvalue weighted by Gasteiger charge is -2.35. The Balaban J connectivity index is 2.42. The second-order valence-electron chi connectivity index (χ2n) is 8.35. The minimum absolute atomic E-state index is 0.0763. The van der Waals surface area contributed by atoms with Crippen LogP contribution in [0.25, 0.3) is 0 Å². The number of hydrogen-bond donors (Lipinski definition) is 1. The van der Waals surface area contributed by atoms with Gasteiger partial charge in [0.25, 0.3) is 0 Å². The fourth-order valence-corrected chi connectivity index (χ4v) is 4.06. The van der Waals surface area contributed by atoms with Crippen molar-refractivity contribution in [2.45, 2.75) is 79.8 Å². The molecule has 4 unspecified atom stereocenters. The highest BCUT2D eigenvalue weighted by atomic mass is 16.3. The minimum atomic E-state index is -0.0763. The molecular weight excluding hydrogens is 220 g/mol. The van der Waals surface area contributed by atoms with E-state index in [9.17, 15) is 5.11 Å². The molecule has 1 saturated carbocycles. The van der Waals surface area contributed by atoms with Gasteiger partial charge in [-0.15, -0.1) is 0 Å². The fraction of sp³-hybridized carbons (Fsp3) is 1.00. The van der Waals surface area contributed by atoms with E-state index in [4.69, 9.17) is 0 Å². The van der Waals surface area contributed by atoms with E-state index in [2.05, 4.69) is 41.5 Å². The molecule has 0 heterocycles. The first-order chi connectivity index (χ1) is 8.17. The van der Waals surface area contributed by atoms with Crippen molar-refractivity contribution in [1.82, 2.24) is 0 Å². The summed E-state index contributed by atoms with van der Waals surface area (Å²) < 4.78 is 0. The second-order valence-corrected chi connectivity index (χ2v) is 8.35. The smallest absolute Gasteiger partial charge is 0.0571 e. The van der Waals surface area contributed by atoms with E-state index in [1.165, 1.54) is 25.7 Å². The molecule has 0 spiro atoms. The quantitative estimate of drug-likeness (QED) is 0.758. The molecule has 1 heteroatoms. The molecule has 18 heavy (non-hydrogen) atoms. The number of aliphatic hydroxyl groups excluding tert-OH is 1. The Morgan fingerprint density at radius 2 is 1.56 bits per heavy atom. The summed E-state index contributed by atoms with van der Waals surface area (Å²) in [5.41, 5.74) is 0.381. The number of rotatable bonds is 4. The van der Waals surface area contributed by atoms with Crippen LogP contribution < -0.4 is 0 Å². The van der Waals surface area contributed by atoms with Gasteiger partial charge in [-0.05, 0) is 61.2 Å². The van der Waals surface area contributed by atoms with Gasteiger partial charge < -0.3 is 5.11 Å². The van der Waals surface area contributed by atoms with Crippen molar-refractivity contribution in [2.24, 2.45) is 29.1 Å². The topological polar surface area (TPSA) is 20.2 Å². The number of aliphatic hydroxyl groups is 1. The average Bonchev–Trinajstić information content (AvgIpc) is 2.12. The first kappa shape index (κ1) is 16.0. The van der Waals surface area contributed by atoms with E-state index in [-0.39, 0.29) is 6.10 Å². The first-order valence-electron chi connectivity index (χ1n) is 7.85. The highest BCUT2D eigenvalue weighted by Crippen LogP contribution is 2.37. The van der Waals surface area contributed by atoms with Crippen LogP contribution in [0.4, 0.5) is 0 Å². The van der Waals surface area contributed by atoms with Gasteiger partial charge in [0.2, 0.25) is 0 Å². The molecule has 108 valence electrons. The van der Waals surface area contributed by atoms with E-state index in [1.807, 2.05) is 0 Å². The van der Waals surface area contributed by atoms with E-state index >= 15 is 0 Å². The van der Waals surface area contributed by atoms with Crippen molar-refractivity contribution in [1.29, 1.82) is 0 Å². The molecule has 0 aromatic heterocycles. The van der Waals surface area contributed by atoms with Crippen LogP contribution in [0, 0.1) is 29.1 Å². The molecule has 0 aliphatic heterocycles. The van der Waals surface area contributed by atoms with E-state index < -0.39 is 0 Å². The Labute approximate surface area is 114 Å². The van der Waals surface area contributed by atoms with Gasteiger partial charge in [-0.25, -0.2) is 0 Å². The predicted octanol–water partition coefficient (Wildman–Crippen LogP) is 4.88. The maximum absolute atomic E-state index is 10.5. The van der Waals surface area contributed by atoms with Crippen LogP contribution in [0.15, 0.2) is 0 Å². The van der Waals surface area contributed by atoms with Gasteiger partial charge in [0.05, 0.1) is 6.10 Å². The summed E-state index contributed by atoms with van der Waals surface area (Å²) in [5.74, 6) is 2.77. The van der Waals surface area contributed by atoms with E-state index in [0.717, 1.165) is 18.3 Å². The summed E-state index contributed by atoms with van der Waals surface area (Å²) in [6.45, 7) is 13.9. The molecule has 1 N–H and O–H groups in total. The van der Waals surface area contributed by atoms with Crippen LogP contribution in [0.3, 0.4) is 0 Å². The molecule has 0 radical (unpaired) electrons. The van der Waals surface area contributed by atoms with Crippen LogP contribution in [0.5, 0.6) is 0 Å². The molecule has 0 bridgehead atoms. The van der Waals surface area contributed by atoms with Gasteiger partial charge in [-0.3, -0.25) is 0 Å². The molecule has 1 aliphatic carbocycles. The van der Waals surface area contributed by atoms with Crippen molar-refractivity contribution in [3.05, 3.63) is 0 Å². The van der Waals surface area contributed by atoms with Crippen LogP contribution in [-0.4, -0.2) is 11.2 Å². The normalized spacial score (nSPS) is 33.2. The third-order valence-electron chi connectivity index (χ3n) is 4.36. The Kier molecular flexibility index (Phi) is 5.70. The molecule has 0 aromatic carbocycles. The molecule has 0 saturated heterocycles. The minimum Gasteiger partial charge on any atom is -0.393 e. The van der Waals surface area contributed by atoms with Gasteiger partial charge in [0.15, 0.2) is 0 Å². The fourth-order valence-electron chi connectivity index (χ4n) is 4.06. The highest BCUT2D eigenvalue weighted by Gasteiger charge is 2.30. The summed E-state index contributed by atoms with van der Waals surface area (Å²) in [5, 5.41) is 10.5. The van der Waals surface area contributed by atoms with Gasteiger partial charge >= 0.3 is 0 Å². The lowest BCUT2D eigenvalue weighted by molar-refractivity contribution is 0.0353. The van der Waals surface area contributed by atoms with Crippen LogP contribution >= 0.6 is 0 Å². The standard InChI is InChI=1S/C17H34O/c1-12-7-13(2)9-15(8-12)16(18)10-14(3)11-17(4,5)6/h12-16,18H,7-11H2,1-6H3.